The first kappa shape index (κ1) is 15.7. The molecule has 104 valence electrons. The molecule has 0 aliphatic rings. The zero-order valence-corrected chi connectivity index (χ0v) is 12.6. The van der Waals surface area contributed by atoms with Crippen LogP contribution in [0.5, 0.6) is 0 Å². The number of rotatable bonds is 5. The molecule has 1 aromatic carbocycles. The van der Waals surface area contributed by atoms with Crippen molar-refractivity contribution >= 4 is 9.84 Å². The highest BCUT2D eigenvalue weighted by Crippen LogP contribution is 2.21. The Kier molecular flexibility index (Phi) is 5.13. The summed E-state index contributed by atoms with van der Waals surface area (Å²) in [6, 6.07) is 8.74. The van der Waals surface area contributed by atoms with Crippen LogP contribution < -0.4 is 0 Å². The van der Waals surface area contributed by atoms with Crippen LogP contribution >= 0.6 is 0 Å². The molecule has 1 aromatic rings. The monoisotopic (exact) mass is 279 g/mol. The number of sulfone groups is 1. The highest BCUT2D eigenvalue weighted by Gasteiger charge is 2.15. The van der Waals surface area contributed by atoms with Gasteiger partial charge >= 0.3 is 0 Å². The average Bonchev–Trinajstić information content (AvgIpc) is 2.27. The second kappa shape index (κ2) is 6.21. The summed E-state index contributed by atoms with van der Waals surface area (Å²) in [6.45, 7) is 6.33. The fourth-order valence-electron chi connectivity index (χ4n) is 1.82. The van der Waals surface area contributed by atoms with Crippen molar-refractivity contribution in [3.63, 3.8) is 0 Å². The van der Waals surface area contributed by atoms with E-state index >= 15 is 0 Å². The van der Waals surface area contributed by atoms with Gasteiger partial charge in [-0.15, -0.1) is 0 Å². The Morgan fingerprint density at radius 1 is 1.16 bits per heavy atom. The summed E-state index contributed by atoms with van der Waals surface area (Å²) in [4.78, 5) is 0. The van der Waals surface area contributed by atoms with E-state index in [4.69, 9.17) is 5.26 Å². The normalized spacial score (nSPS) is 12.1. The molecule has 0 heterocycles. The first-order chi connectivity index (χ1) is 8.72. The summed E-state index contributed by atoms with van der Waals surface area (Å²) in [7, 11) is -3.06. The van der Waals surface area contributed by atoms with Gasteiger partial charge in [0.1, 0.15) is 0 Å². The van der Waals surface area contributed by atoms with Gasteiger partial charge in [0.25, 0.3) is 0 Å². The number of hydrogen-bond acceptors (Lipinski definition) is 3. The van der Waals surface area contributed by atoms with E-state index < -0.39 is 9.84 Å². The Labute approximate surface area is 116 Å². The highest BCUT2D eigenvalue weighted by molar-refractivity contribution is 7.90. The maximum Gasteiger partial charge on any atom is 0.154 e. The SMILES string of the molecule is CC(C)(C)CCCS(=O)(=O)Cc1ccc(C#N)cc1. The predicted molar refractivity (Wildman–Crippen MR) is 77.3 cm³/mol. The Morgan fingerprint density at radius 3 is 2.21 bits per heavy atom. The first-order valence-electron chi connectivity index (χ1n) is 6.41. The molecule has 0 saturated heterocycles. The van der Waals surface area contributed by atoms with Crippen molar-refractivity contribution in [2.45, 2.75) is 39.4 Å². The van der Waals surface area contributed by atoms with Gasteiger partial charge in [0.15, 0.2) is 9.84 Å². The molecule has 0 unspecified atom stereocenters. The quantitative estimate of drug-likeness (QED) is 0.831. The van der Waals surface area contributed by atoms with Crippen LogP contribution in [0.15, 0.2) is 24.3 Å². The Morgan fingerprint density at radius 2 is 1.74 bits per heavy atom. The van der Waals surface area contributed by atoms with E-state index in [0.29, 0.717) is 12.0 Å². The van der Waals surface area contributed by atoms with Gasteiger partial charge in [0.05, 0.1) is 23.1 Å². The van der Waals surface area contributed by atoms with E-state index in [-0.39, 0.29) is 16.9 Å². The standard InChI is InChI=1S/C15H21NO2S/c1-15(2,3)9-4-10-19(17,18)12-14-7-5-13(11-16)6-8-14/h5-8H,4,9-10,12H2,1-3H3. The third kappa shape index (κ3) is 6.40. The van der Waals surface area contributed by atoms with Crippen molar-refractivity contribution in [3.05, 3.63) is 35.4 Å². The number of benzene rings is 1. The van der Waals surface area contributed by atoms with Crippen molar-refractivity contribution in [2.24, 2.45) is 5.41 Å². The summed E-state index contributed by atoms with van der Waals surface area (Å²) < 4.78 is 24.0. The molecule has 0 aliphatic carbocycles. The van der Waals surface area contributed by atoms with Gasteiger partial charge in [-0.25, -0.2) is 8.42 Å². The molecule has 0 atom stereocenters. The number of nitrogens with zero attached hydrogens (tertiary/aromatic N) is 1. The van der Waals surface area contributed by atoms with Gasteiger partial charge in [-0.2, -0.15) is 5.26 Å². The lowest BCUT2D eigenvalue weighted by Gasteiger charge is -2.17. The molecule has 0 spiro atoms. The molecule has 0 fully saturated rings. The lowest BCUT2D eigenvalue weighted by atomic mass is 9.91. The zero-order chi connectivity index (χ0) is 14.5. The third-order valence-electron chi connectivity index (χ3n) is 2.85. The minimum absolute atomic E-state index is 0.0584. The summed E-state index contributed by atoms with van der Waals surface area (Å²) in [5.74, 6) is 0.285. The van der Waals surface area contributed by atoms with Gasteiger partial charge in [-0.05, 0) is 36.0 Å². The lowest BCUT2D eigenvalue weighted by molar-refractivity contribution is 0.373. The van der Waals surface area contributed by atoms with Crippen LogP contribution in [-0.2, 0) is 15.6 Å². The van der Waals surface area contributed by atoms with Gasteiger partial charge in [-0.1, -0.05) is 32.9 Å². The fourth-order valence-corrected chi connectivity index (χ4v) is 3.25. The highest BCUT2D eigenvalue weighted by atomic mass is 32.2. The molecule has 0 amide bonds. The molecule has 1 rings (SSSR count). The molecule has 0 aliphatic heterocycles. The van der Waals surface area contributed by atoms with Gasteiger partial charge in [0.2, 0.25) is 0 Å². The molecule has 3 nitrogen and oxygen atoms in total. The molecular formula is C15H21NO2S. The van der Waals surface area contributed by atoms with Gasteiger partial charge in [-0.3, -0.25) is 0 Å². The molecule has 0 bridgehead atoms. The second-order valence-electron chi connectivity index (χ2n) is 6.06. The van der Waals surface area contributed by atoms with E-state index in [0.717, 1.165) is 12.0 Å². The topological polar surface area (TPSA) is 57.9 Å². The Hall–Kier alpha value is -1.34. The van der Waals surface area contributed by atoms with Crippen LogP contribution in [0, 0.1) is 16.7 Å². The van der Waals surface area contributed by atoms with Crippen LogP contribution in [-0.4, -0.2) is 14.2 Å². The number of nitriles is 1. The third-order valence-corrected chi connectivity index (χ3v) is 4.54. The molecule has 0 N–H and O–H groups in total. The molecule has 0 aromatic heterocycles. The van der Waals surface area contributed by atoms with E-state index in [1.165, 1.54) is 0 Å². The molecule has 0 radical (unpaired) electrons. The van der Waals surface area contributed by atoms with Gasteiger partial charge < -0.3 is 0 Å². The van der Waals surface area contributed by atoms with E-state index in [1.54, 1.807) is 24.3 Å². The minimum atomic E-state index is -3.06. The lowest BCUT2D eigenvalue weighted by Crippen LogP contribution is -2.13. The smallest absolute Gasteiger partial charge is 0.154 e. The second-order valence-corrected chi connectivity index (χ2v) is 8.25. The molecule has 4 heteroatoms. The fraction of sp³-hybridized carbons (Fsp3) is 0.533. The van der Waals surface area contributed by atoms with E-state index in [2.05, 4.69) is 20.8 Å². The maximum absolute atomic E-state index is 12.0. The predicted octanol–water partition coefficient (Wildman–Crippen LogP) is 3.30. The summed E-state index contributed by atoms with van der Waals surface area (Å²) in [6.07, 6.45) is 1.60. The van der Waals surface area contributed by atoms with Crippen molar-refractivity contribution in [2.75, 3.05) is 5.75 Å². The van der Waals surface area contributed by atoms with Crippen molar-refractivity contribution in [1.82, 2.24) is 0 Å². The van der Waals surface area contributed by atoms with E-state index in [9.17, 15) is 8.42 Å². The largest absolute Gasteiger partial charge is 0.228 e. The zero-order valence-electron chi connectivity index (χ0n) is 11.8. The van der Waals surface area contributed by atoms with E-state index in [1.807, 2.05) is 6.07 Å². The Balaban J connectivity index is 2.57. The van der Waals surface area contributed by atoms with Crippen LogP contribution in [0.3, 0.4) is 0 Å². The molecular weight excluding hydrogens is 258 g/mol. The van der Waals surface area contributed by atoms with Crippen molar-refractivity contribution in [1.29, 1.82) is 5.26 Å². The molecule has 0 saturated carbocycles. The summed E-state index contributed by atoms with van der Waals surface area (Å²) >= 11 is 0. The van der Waals surface area contributed by atoms with Gasteiger partial charge in [0, 0.05) is 0 Å². The first-order valence-corrected chi connectivity index (χ1v) is 8.23. The van der Waals surface area contributed by atoms with Crippen LogP contribution in [0.25, 0.3) is 0 Å². The minimum Gasteiger partial charge on any atom is -0.228 e. The van der Waals surface area contributed by atoms with Crippen LogP contribution in [0.4, 0.5) is 0 Å². The average molecular weight is 279 g/mol. The summed E-state index contributed by atoms with van der Waals surface area (Å²) in [5, 5.41) is 8.69. The Bertz CT molecular complexity index is 545. The van der Waals surface area contributed by atoms with Crippen LogP contribution in [0.1, 0.15) is 44.7 Å². The van der Waals surface area contributed by atoms with Crippen LogP contribution in [0.2, 0.25) is 0 Å². The summed E-state index contributed by atoms with van der Waals surface area (Å²) in [5.41, 5.74) is 1.47. The van der Waals surface area contributed by atoms with Crippen molar-refractivity contribution < 1.29 is 8.42 Å². The number of hydrogen-bond donors (Lipinski definition) is 0. The maximum atomic E-state index is 12.0. The molecule has 19 heavy (non-hydrogen) atoms. The van der Waals surface area contributed by atoms with Crippen molar-refractivity contribution in [3.8, 4) is 6.07 Å².